The second kappa shape index (κ2) is 6.97. The molecule has 0 fully saturated rings. The zero-order valence-electron chi connectivity index (χ0n) is 10.9. The molecule has 0 unspecified atom stereocenters. The number of nitrogens with zero attached hydrogens (tertiary/aromatic N) is 1. The number of rotatable bonds is 7. The summed E-state index contributed by atoms with van der Waals surface area (Å²) < 4.78 is 10.5. The maximum atomic E-state index is 5.29. The highest BCUT2D eigenvalue weighted by atomic mass is 16.5. The highest BCUT2D eigenvalue weighted by Crippen LogP contribution is 2.27. The van der Waals surface area contributed by atoms with Crippen LogP contribution in [0, 0.1) is 0 Å². The Bertz CT molecular complexity index is 363. The van der Waals surface area contributed by atoms with Gasteiger partial charge >= 0.3 is 0 Å². The van der Waals surface area contributed by atoms with Gasteiger partial charge in [0.25, 0.3) is 0 Å². The van der Waals surface area contributed by atoms with E-state index >= 15 is 0 Å². The minimum atomic E-state index is 0.767. The summed E-state index contributed by atoms with van der Waals surface area (Å²) in [4.78, 5) is 2.30. The fourth-order valence-electron chi connectivity index (χ4n) is 1.73. The Hall–Kier alpha value is -1.48. The number of hydrogen-bond donors (Lipinski definition) is 0. The number of likely N-dealkylation sites (N-methyl/N-ethyl adjacent to an activating group) is 1. The second-order valence-corrected chi connectivity index (χ2v) is 3.81. The van der Waals surface area contributed by atoms with E-state index in [-0.39, 0.29) is 0 Å². The first-order valence-corrected chi connectivity index (χ1v) is 5.79. The van der Waals surface area contributed by atoms with Gasteiger partial charge in [-0.2, -0.15) is 0 Å². The van der Waals surface area contributed by atoms with Gasteiger partial charge in [0.05, 0.1) is 14.2 Å². The molecule has 0 radical (unpaired) electrons. The lowest BCUT2D eigenvalue weighted by Gasteiger charge is -2.19. The molecule has 1 aromatic carbocycles. The Morgan fingerprint density at radius 1 is 1.24 bits per heavy atom. The summed E-state index contributed by atoms with van der Waals surface area (Å²) in [6.07, 6.45) is 1.92. The lowest BCUT2D eigenvalue weighted by molar-refractivity contribution is 0.309. The predicted molar refractivity (Wildman–Crippen MR) is 70.7 cm³/mol. The van der Waals surface area contributed by atoms with Gasteiger partial charge in [-0.15, -0.1) is 6.58 Å². The molecule has 0 aliphatic heterocycles. The van der Waals surface area contributed by atoms with E-state index in [1.165, 1.54) is 5.56 Å². The molecule has 0 N–H and O–H groups in total. The molecule has 1 aromatic rings. The van der Waals surface area contributed by atoms with Crippen LogP contribution in [0.2, 0.25) is 0 Å². The van der Waals surface area contributed by atoms with Crippen LogP contribution < -0.4 is 9.47 Å². The van der Waals surface area contributed by atoms with Crippen molar-refractivity contribution in [3.05, 3.63) is 36.4 Å². The molecular weight excluding hydrogens is 214 g/mol. The highest BCUT2D eigenvalue weighted by molar-refractivity contribution is 5.42. The Labute approximate surface area is 104 Å². The van der Waals surface area contributed by atoms with E-state index in [1.54, 1.807) is 14.2 Å². The summed E-state index contributed by atoms with van der Waals surface area (Å²) >= 11 is 0. The van der Waals surface area contributed by atoms with Crippen LogP contribution in [0.4, 0.5) is 0 Å². The molecule has 1 rings (SSSR count). The number of benzene rings is 1. The number of hydrogen-bond acceptors (Lipinski definition) is 3. The van der Waals surface area contributed by atoms with Gasteiger partial charge in [0.1, 0.15) is 0 Å². The quantitative estimate of drug-likeness (QED) is 0.678. The van der Waals surface area contributed by atoms with Gasteiger partial charge in [-0.3, -0.25) is 4.90 Å². The van der Waals surface area contributed by atoms with Crippen LogP contribution in [0.25, 0.3) is 0 Å². The molecule has 3 nitrogen and oxygen atoms in total. The first kappa shape index (κ1) is 13.6. The van der Waals surface area contributed by atoms with Crippen LogP contribution >= 0.6 is 0 Å². The fraction of sp³-hybridized carbons (Fsp3) is 0.429. The summed E-state index contributed by atoms with van der Waals surface area (Å²) in [5.74, 6) is 1.54. The van der Waals surface area contributed by atoms with Crippen molar-refractivity contribution in [1.29, 1.82) is 0 Å². The summed E-state index contributed by atoms with van der Waals surface area (Å²) in [6.45, 7) is 8.69. The lowest BCUT2D eigenvalue weighted by Crippen LogP contribution is -2.22. The van der Waals surface area contributed by atoms with Crippen LogP contribution in [-0.4, -0.2) is 32.2 Å². The molecule has 0 aliphatic rings. The van der Waals surface area contributed by atoms with Gasteiger partial charge < -0.3 is 9.47 Å². The molecule has 0 saturated heterocycles. The van der Waals surface area contributed by atoms with Gasteiger partial charge in [-0.25, -0.2) is 0 Å². The van der Waals surface area contributed by atoms with Gasteiger partial charge in [0, 0.05) is 13.1 Å². The van der Waals surface area contributed by atoms with Crippen molar-refractivity contribution in [2.45, 2.75) is 13.5 Å². The van der Waals surface area contributed by atoms with E-state index < -0.39 is 0 Å². The summed E-state index contributed by atoms with van der Waals surface area (Å²) in [5, 5.41) is 0. The SMILES string of the molecule is C=CCN(CC)Cc1ccc(OC)c(OC)c1. The van der Waals surface area contributed by atoms with E-state index in [9.17, 15) is 0 Å². The number of methoxy groups -OCH3 is 2. The maximum Gasteiger partial charge on any atom is 0.161 e. The van der Waals surface area contributed by atoms with Crippen molar-refractivity contribution >= 4 is 0 Å². The van der Waals surface area contributed by atoms with E-state index in [0.29, 0.717) is 0 Å². The van der Waals surface area contributed by atoms with Gasteiger partial charge in [-0.05, 0) is 24.2 Å². The Kier molecular flexibility index (Phi) is 5.57. The van der Waals surface area contributed by atoms with Gasteiger partial charge in [0.2, 0.25) is 0 Å². The molecule has 94 valence electrons. The molecule has 0 amide bonds. The highest BCUT2D eigenvalue weighted by Gasteiger charge is 2.07. The van der Waals surface area contributed by atoms with Crippen LogP contribution in [0.15, 0.2) is 30.9 Å². The smallest absolute Gasteiger partial charge is 0.161 e. The molecule has 0 heterocycles. The van der Waals surface area contributed by atoms with E-state index in [1.807, 2.05) is 18.2 Å². The molecule has 0 aromatic heterocycles. The van der Waals surface area contributed by atoms with Crippen LogP contribution in [-0.2, 0) is 6.54 Å². The largest absolute Gasteiger partial charge is 0.493 e. The molecular formula is C14H21NO2. The molecule has 17 heavy (non-hydrogen) atoms. The Morgan fingerprint density at radius 3 is 2.47 bits per heavy atom. The Balaban J connectivity index is 2.80. The monoisotopic (exact) mass is 235 g/mol. The first-order valence-electron chi connectivity index (χ1n) is 5.79. The Morgan fingerprint density at radius 2 is 1.94 bits per heavy atom. The van der Waals surface area contributed by atoms with Gasteiger partial charge in [-0.1, -0.05) is 19.1 Å². The summed E-state index contributed by atoms with van der Waals surface area (Å²) in [5.41, 5.74) is 1.21. The van der Waals surface area contributed by atoms with Crippen LogP contribution in [0.3, 0.4) is 0 Å². The van der Waals surface area contributed by atoms with Crippen LogP contribution in [0.5, 0.6) is 11.5 Å². The molecule has 3 heteroatoms. The molecule has 0 bridgehead atoms. The molecule has 0 spiro atoms. The van der Waals surface area contributed by atoms with Crippen molar-refractivity contribution in [2.24, 2.45) is 0 Å². The minimum Gasteiger partial charge on any atom is -0.493 e. The molecule has 0 aliphatic carbocycles. The van der Waals surface area contributed by atoms with E-state index in [2.05, 4.69) is 24.5 Å². The second-order valence-electron chi connectivity index (χ2n) is 3.81. The van der Waals surface area contributed by atoms with Crippen molar-refractivity contribution in [3.8, 4) is 11.5 Å². The summed E-state index contributed by atoms with van der Waals surface area (Å²) in [7, 11) is 3.30. The van der Waals surface area contributed by atoms with Crippen LogP contribution in [0.1, 0.15) is 12.5 Å². The zero-order chi connectivity index (χ0) is 12.7. The van der Waals surface area contributed by atoms with Crippen molar-refractivity contribution < 1.29 is 9.47 Å². The predicted octanol–water partition coefficient (Wildman–Crippen LogP) is 2.71. The average Bonchev–Trinajstić information content (AvgIpc) is 2.38. The maximum absolute atomic E-state index is 5.29. The third-order valence-electron chi connectivity index (χ3n) is 2.69. The minimum absolute atomic E-state index is 0.767. The third-order valence-corrected chi connectivity index (χ3v) is 2.69. The number of ether oxygens (including phenoxy) is 2. The van der Waals surface area contributed by atoms with Crippen molar-refractivity contribution in [2.75, 3.05) is 27.3 Å². The topological polar surface area (TPSA) is 21.7 Å². The fourth-order valence-corrected chi connectivity index (χ4v) is 1.73. The summed E-state index contributed by atoms with van der Waals surface area (Å²) in [6, 6.07) is 6.02. The van der Waals surface area contributed by atoms with E-state index in [4.69, 9.17) is 9.47 Å². The molecule has 0 atom stereocenters. The van der Waals surface area contributed by atoms with Crippen molar-refractivity contribution in [1.82, 2.24) is 4.90 Å². The average molecular weight is 235 g/mol. The third kappa shape index (κ3) is 3.79. The van der Waals surface area contributed by atoms with E-state index in [0.717, 1.165) is 31.1 Å². The van der Waals surface area contributed by atoms with Crippen molar-refractivity contribution in [3.63, 3.8) is 0 Å². The van der Waals surface area contributed by atoms with Gasteiger partial charge in [0.15, 0.2) is 11.5 Å². The zero-order valence-corrected chi connectivity index (χ0v) is 10.9. The first-order chi connectivity index (χ1) is 8.24. The lowest BCUT2D eigenvalue weighted by atomic mass is 10.2. The molecule has 0 saturated carbocycles. The standard InChI is InChI=1S/C14H21NO2/c1-5-9-15(6-2)11-12-7-8-13(16-3)14(10-12)17-4/h5,7-8,10H,1,6,9,11H2,2-4H3. The normalized spacial score (nSPS) is 10.4.